The Morgan fingerprint density at radius 3 is 2.33 bits per heavy atom. The van der Waals surface area contributed by atoms with Crippen LogP contribution >= 0.6 is 0 Å². The topological polar surface area (TPSA) is 24.1 Å². The van der Waals surface area contributed by atoms with Gasteiger partial charge in [-0.05, 0) is 24.6 Å². The summed E-state index contributed by atoms with van der Waals surface area (Å²) in [6.45, 7) is 1.48. The molecule has 2 N–H and O–H groups in total. The number of hydrogen-bond acceptors (Lipinski definition) is 2. The fourth-order valence-corrected chi connectivity index (χ4v) is 1.56. The second-order valence-corrected chi connectivity index (χ2v) is 3.47. The predicted molar refractivity (Wildman–Crippen MR) is 53.0 cm³/mol. The Morgan fingerprint density at radius 2 is 1.67 bits per heavy atom. The minimum atomic E-state index is -4.27. The lowest BCUT2D eigenvalue weighted by Gasteiger charge is -2.12. The zero-order chi connectivity index (χ0) is 10.9. The van der Waals surface area contributed by atoms with Gasteiger partial charge in [-0.2, -0.15) is 13.2 Å². The standard InChI is InChI=1S/C10H11F3N2/c11-10(12,13)7-2-3-8-9(6-7)15-5-1-4-14-8/h2-3,6,14-15H,1,4-5H2. The first-order valence-corrected chi connectivity index (χ1v) is 4.76. The number of rotatable bonds is 0. The van der Waals surface area contributed by atoms with Gasteiger partial charge in [0.15, 0.2) is 0 Å². The summed E-state index contributed by atoms with van der Waals surface area (Å²) in [6, 6.07) is 3.71. The zero-order valence-electron chi connectivity index (χ0n) is 7.99. The van der Waals surface area contributed by atoms with Crippen molar-refractivity contribution in [3.63, 3.8) is 0 Å². The van der Waals surface area contributed by atoms with E-state index in [0.717, 1.165) is 30.8 Å². The molecule has 82 valence electrons. The molecule has 0 unspecified atom stereocenters. The van der Waals surface area contributed by atoms with Crippen LogP contribution in [0.4, 0.5) is 24.5 Å². The van der Waals surface area contributed by atoms with Gasteiger partial charge in [-0.1, -0.05) is 0 Å². The molecule has 1 aliphatic heterocycles. The van der Waals surface area contributed by atoms with Crippen molar-refractivity contribution in [1.82, 2.24) is 0 Å². The third-order valence-corrected chi connectivity index (χ3v) is 2.33. The maximum absolute atomic E-state index is 12.4. The SMILES string of the molecule is FC(F)(F)c1ccc2c(c1)NCCCN2. The minimum absolute atomic E-state index is 0.530. The molecule has 1 aromatic carbocycles. The number of hydrogen-bond donors (Lipinski definition) is 2. The second-order valence-electron chi connectivity index (χ2n) is 3.47. The number of benzene rings is 1. The van der Waals surface area contributed by atoms with Gasteiger partial charge in [0, 0.05) is 13.1 Å². The molecule has 5 heteroatoms. The Balaban J connectivity index is 2.36. The Labute approximate surface area is 85.5 Å². The van der Waals surface area contributed by atoms with Crippen molar-refractivity contribution in [1.29, 1.82) is 0 Å². The third-order valence-electron chi connectivity index (χ3n) is 2.33. The Morgan fingerprint density at radius 1 is 1.00 bits per heavy atom. The van der Waals surface area contributed by atoms with Gasteiger partial charge in [-0.25, -0.2) is 0 Å². The van der Waals surface area contributed by atoms with E-state index in [1.807, 2.05) is 0 Å². The highest BCUT2D eigenvalue weighted by molar-refractivity contribution is 5.70. The predicted octanol–water partition coefficient (Wildman–Crippen LogP) is 2.93. The van der Waals surface area contributed by atoms with Crippen LogP contribution in [-0.4, -0.2) is 13.1 Å². The first-order valence-electron chi connectivity index (χ1n) is 4.76. The van der Waals surface area contributed by atoms with Gasteiger partial charge in [0.05, 0.1) is 16.9 Å². The van der Waals surface area contributed by atoms with Gasteiger partial charge >= 0.3 is 6.18 Å². The molecule has 0 saturated heterocycles. The normalized spacial score (nSPS) is 15.9. The van der Waals surface area contributed by atoms with Crippen molar-refractivity contribution in [2.45, 2.75) is 12.6 Å². The lowest BCUT2D eigenvalue weighted by atomic mass is 10.1. The molecular weight excluding hydrogens is 205 g/mol. The Bertz CT molecular complexity index is 360. The highest BCUT2D eigenvalue weighted by atomic mass is 19.4. The molecule has 0 saturated carbocycles. The van der Waals surface area contributed by atoms with Crippen LogP contribution in [0.1, 0.15) is 12.0 Å². The molecule has 0 radical (unpaired) electrons. The molecule has 0 aromatic heterocycles. The molecule has 0 spiro atoms. The van der Waals surface area contributed by atoms with E-state index in [4.69, 9.17) is 0 Å². The van der Waals surface area contributed by atoms with Crippen molar-refractivity contribution in [2.24, 2.45) is 0 Å². The fraction of sp³-hybridized carbons (Fsp3) is 0.400. The van der Waals surface area contributed by atoms with Crippen LogP contribution in [-0.2, 0) is 6.18 Å². The van der Waals surface area contributed by atoms with Gasteiger partial charge in [0.1, 0.15) is 0 Å². The lowest BCUT2D eigenvalue weighted by Crippen LogP contribution is -2.06. The van der Waals surface area contributed by atoms with Crippen LogP contribution < -0.4 is 10.6 Å². The molecule has 0 aliphatic carbocycles. The monoisotopic (exact) mass is 216 g/mol. The molecule has 1 aliphatic rings. The number of halogens is 3. The fourth-order valence-electron chi connectivity index (χ4n) is 1.56. The number of fused-ring (bicyclic) bond motifs is 1. The summed E-state index contributed by atoms with van der Waals surface area (Å²) in [4.78, 5) is 0. The van der Waals surface area contributed by atoms with E-state index in [-0.39, 0.29) is 0 Å². The lowest BCUT2D eigenvalue weighted by molar-refractivity contribution is -0.137. The maximum Gasteiger partial charge on any atom is 0.416 e. The van der Waals surface area contributed by atoms with E-state index in [1.54, 1.807) is 0 Å². The minimum Gasteiger partial charge on any atom is -0.383 e. The number of alkyl halides is 3. The summed E-state index contributed by atoms with van der Waals surface area (Å²) in [5.74, 6) is 0. The summed E-state index contributed by atoms with van der Waals surface area (Å²) in [7, 11) is 0. The second kappa shape index (κ2) is 3.64. The van der Waals surface area contributed by atoms with Gasteiger partial charge in [-0.3, -0.25) is 0 Å². The van der Waals surface area contributed by atoms with Crippen molar-refractivity contribution < 1.29 is 13.2 Å². The first-order chi connectivity index (χ1) is 7.07. The number of anilines is 2. The quantitative estimate of drug-likeness (QED) is 0.696. The summed E-state index contributed by atoms with van der Waals surface area (Å²) in [6.07, 6.45) is -3.38. The summed E-state index contributed by atoms with van der Waals surface area (Å²) in [5.41, 5.74) is 0.653. The molecule has 1 aromatic rings. The highest BCUT2D eigenvalue weighted by Gasteiger charge is 2.31. The summed E-state index contributed by atoms with van der Waals surface area (Å²) in [5, 5.41) is 6.05. The van der Waals surface area contributed by atoms with Crippen molar-refractivity contribution in [2.75, 3.05) is 23.7 Å². The van der Waals surface area contributed by atoms with Crippen molar-refractivity contribution in [3.8, 4) is 0 Å². The van der Waals surface area contributed by atoms with E-state index in [1.165, 1.54) is 6.07 Å². The van der Waals surface area contributed by atoms with Gasteiger partial charge in [0.2, 0.25) is 0 Å². The van der Waals surface area contributed by atoms with Gasteiger partial charge in [-0.15, -0.1) is 0 Å². The van der Waals surface area contributed by atoms with Crippen LogP contribution in [0.3, 0.4) is 0 Å². The largest absolute Gasteiger partial charge is 0.416 e. The smallest absolute Gasteiger partial charge is 0.383 e. The van der Waals surface area contributed by atoms with Crippen LogP contribution in [0.15, 0.2) is 18.2 Å². The molecular formula is C10H11F3N2. The molecule has 2 rings (SSSR count). The first kappa shape index (κ1) is 10.1. The van der Waals surface area contributed by atoms with Crippen LogP contribution in [0, 0.1) is 0 Å². The molecule has 0 amide bonds. The molecule has 0 fully saturated rings. The van der Waals surface area contributed by atoms with Crippen LogP contribution in [0.2, 0.25) is 0 Å². The van der Waals surface area contributed by atoms with Crippen LogP contribution in [0.25, 0.3) is 0 Å². The zero-order valence-corrected chi connectivity index (χ0v) is 7.99. The van der Waals surface area contributed by atoms with Crippen molar-refractivity contribution >= 4 is 11.4 Å². The maximum atomic E-state index is 12.4. The molecule has 0 bridgehead atoms. The van der Waals surface area contributed by atoms with E-state index in [0.29, 0.717) is 12.2 Å². The molecule has 15 heavy (non-hydrogen) atoms. The molecule has 0 atom stereocenters. The molecule has 1 heterocycles. The highest BCUT2D eigenvalue weighted by Crippen LogP contribution is 2.34. The van der Waals surface area contributed by atoms with Gasteiger partial charge in [0.25, 0.3) is 0 Å². The van der Waals surface area contributed by atoms with E-state index >= 15 is 0 Å². The summed E-state index contributed by atoms with van der Waals surface area (Å²) >= 11 is 0. The average molecular weight is 216 g/mol. The van der Waals surface area contributed by atoms with Crippen LogP contribution in [0.5, 0.6) is 0 Å². The summed E-state index contributed by atoms with van der Waals surface area (Å²) < 4.78 is 37.2. The third kappa shape index (κ3) is 2.16. The van der Waals surface area contributed by atoms with E-state index in [2.05, 4.69) is 10.6 Å². The van der Waals surface area contributed by atoms with E-state index in [9.17, 15) is 13.2 Å². The van der Waals surface area contributed by atoms with E-state index < -0.39 is 11.7 Å². The molecule has 2 nitrogen and oxygen atoms in total. The van der Waals surface area contributed by atoms with Crippen molar-refractivity contribution in [3.05, 3.63) is 23.8 Å². The number of nitrogens with one attached hydrogen (secondary N) is 2. The Kier molecular flexibility index (Phi) is 2.46. The average Bonchev–Trinajstić information content (AvgIpc) is 2.39. The Hall–Kier alpha value is -1.39. The van der Waals surface area contributed by atoms with Gasteiger partial charge < -0.3 is 10.6 Å².